The van der Waals surface area contributed by atoms with Crippen molar-refractivity contribution in [3.05, 3.63) is 47.2 Å². The Balaban J connectivity index is 2.03. The molecule has 0 saturated carbocycles. The van der Waals surface area contributed by atoms with Gasteiger partial charge in [0, 0.05) is 5.69 Å². The van der Waals surface area contributed by atoms with Crippen LogP contribution < -0.4 is 11.1 Å². The normalized spacial score (nSPS) is 12.2. The number of nitrogens with two attached hydrogens (primary N) is 1. The Bertz CT molecular complexity index is 655. The number of nitrogens with one attached hydrogen (secondary N) is 1. The monoisotopic (exact) mass is 319 g/mol. The number of amides is 1. The average Bonchev–Trinajstić information content (AvgIpc) is 2.98. The number of rotatable bonds is 6. The molecule has 6 heteroatoms. The van der Waals surface area contributed by atoms with Crippen LogP contribution in [0.1, 0.15) is 40.0 Å². The van der Waals surface area contributed by atoms with Crippen molar-refractivity contribution < 1.29 is 9.21 Å². The molecule has 2 rings (SSSR count). The Morgan fingerprint density at radius 2 is 2.18 bits per heavy atom. The maximum Gasteiger partial charge on any atom is 0.277 e. The van der Waals surface area contributed by atoms with Crippen LogP contribution in [0.5, 0.6) is 0 Å². The van der Waals surface area contributed by atoms with Gasteiger partial charge in [0.2, 0.25) is 5.89 Å². The molecule has 0 radical (unpaired) electrons. The third kappa shape index (κ3) is 4.11. The lowest BCUT2D eigenvalue weighted by Crippen LogP contribution is -2.15. The highest BCUT2D eigenvalue weighted by Gasteiger charge is 2.17. The molecule has 0 saturated heterocycles. The second-order valence-electron chi connectivity index (χ2n) is 5.21. The van der Waals surface area contributed by atoms with Crippen molar-refractivity contribution >= 4 is 23.4 Å². The quantitative estimate of drug-likeness (QED) is 0.854. The minimum Gasteiger partial charge on any atom is -0.446 e. The third-order valence-electron chi connectivity index (χ3n) is 3.47. The maximum atomic E-state index is 12.2. The summed E-state index contributed by atoms with van der Waals surface area (Å²) in [6.45, 7) is 4.03. The van der Waals surface area contributed by atoms with Crippen molar-refractivity contribution in [2.75, 3.05) is 17.3 Å². The lowest BCUT2D eigenvalue weighted by atomic mass is 10.1. The number of thioether (sulfide) groups is 1. The first kappa shape index (κ1) is 16.6. The van der Waals surface area contributed by atoms with Gasteiger partial charge in [-0.2, -0.15) is 11.8 Å². The standard InChI is InChI=1S/C16H21N3O2S/c1-10-4-5-12(8-11(10)2)18-15(20)14-9-21-16(19-14)13(17)6-7-22-3/h4-5,8-9,13H,6-7,17H2,1-3H3,(H,18,20). The first-order valence-electron chi connectivity index (χ1n) is 7.10. The molecule has 1 aromatic carbocycles. The smallest absolute Gasteiger partial charge is 0.277 e. The lowest BCUT2D eigenvalue weighted by Gasteiger charge is -2.06. The maximum absolute atomic E-state index is 12.2. The Kier molecular flexibility index (Phi) is 5.63. The van der Waals surface area contributed by atoms with Crippen LogP contribution in [-0.2, 0) is 0 Å². The van der Waals surface area contributed by atoms with Gasteiger partial charge in [-0.3, -0.25) is 4.79 Å². The van der Waals surface area contributed by atoms with E-state index < -0.39 is 0 Å². The Morgan fingerprint density at radius 1 is 1.41 bits per heavy atom. The predicted molar refractivity (Wildman–Crippen MR) is 90.3 cm³/mol. The summed E-state index contributed by atoms with van der Waals surface area (Å²) in [6.07, 6.45) is 4.13. The number of hydrogen-bond donors (Lipinski definition) is 2. The molecule has 1 amide bonds. The molecule has 1 aromatic heterocycles. The minimum atomic E-state index is -0.296. The SMILES string of the molecule is CSCCC(N)c1nc(C(=O)Nc2ccc(C)c(C)c2)co1. The summed E-state index contributed by atoms with van der Waals surface area (Å²) in [4.78, 5) is 16.4. The van der Waals surface area contributed by atoms with Crippen molar-refractivity contribution in [2.45, 2.75) is 26.3 Å². The Morgan fingerprint density at radius 3 is 2.86 bits per heavy atom. The van der Waals surface area contributed by atoms with Gasteiger partial charge in [-0.1, -0.05) is 6.07 Å². The molecule has 0 spiro atoms. The van der Waals surface area contributed by atoms with Crippen molar-refractivity contribution in [3.63, 3.8) is 0 Å². The second-order valence-corrected chi connectivity index (χ2v) is 6.20. The summed E-state index contributed by atoms with van der Waals surface area (Å²) < 4.78 is 5.32. The molecular formula is C16H21N3O2S. The van der Waals surface area contributed by atoms with Gasteiger partial charge in [0.1, 0.15) is 6.26 Å². The summed E-state index contributed by atoms with van der Waals surface area (Å²) in [5.41, 5.74) is 9.27. The van der Waals surface area contributed by atoms with Crippen LogP contribution in [0.25, 0.3) is 0 Å². The van der Waals surface area contributed by atoms with Crippen molar-refractivity contribution in [3.8, 4) is 0 Å². The highest BCUT2D eigenvalue weighted by atomic mass is 32.2. The number of aryl methyl sites for hydroxylation is 2. The molecule has 118 valence electrons. The first-order chi connectivity index (χ1) is 10.5. The molecule has 0 fully saturated rings. The van der Waals surface area contributed by atoms with E-state index in [1.54, 1.807) is 11.8 Å². The molecule has 1 unspecified atom stereocenters. The zero-order valence-electron chi connectivity index (χ0n) is 13.1. The van der Waals surface area contributed by atoms with E-state index in [2.05, 4.69) is 10.3 Å². The number of hydrogen-bond acceptors (Lipinski definition) is 5. The molecule has 0 bridgehead atoms. The third-order valence-corrected chi connectivity index (χ3v) is 4.11. The fourth-order valence-electron chi connectivity index (χ4n) is 1.94. The number of nitrogens with zero attached hydrogens (tertiary/aromatic N) is 1. The summed E-state index contributed by atoms with van der Waals surface area (Å²) >= 11 is 1.71. The first-order valence-corrected chi connectivity index (χ1v) is 8.49. The van der Waals surface area contributed by atoms with Gasteiger partial charge >= 0.3 is 0 Å². The Labute approximate surface area is 134 Å². The van der Waals surface area contributed by atoms with Crippen LogP contribution in [0, 0.1) is 13.8 Å². The molecule has 1 heterocycles. The van der Waals surface area contributed by atoms with Crippen LogP contribution in [0.4, 0.5) is 5.69 Å². The largest absolute Gasteiger partial charge is 0.446 e. The van der Waals surface area contributed by atoms with E-state index in [0.29, 0.717) is 5.89 Å². The van der Waals surface area contributed by atoms with Crippen LogP contribution in [0.2, 0.25) is 0 Å². The van der Waals surface area contributed by atoms with E-state index in [0.717, 1.165) is 23.4 Å². The summed E-state index contributed by atoms with van der Waals surface area (Å²) in [6, 6.07) is 5.48. The lowest BCUT2D eigenvalue weighted by molar-refractivity contribution is 0.102. The van der Waals surface area contributed by atoms with Gasteiger partial charge in [-0.25, -0.2) is 4.98 Å². The highest BCUT2D eigenvalue weighted by molar-refractivity contribution is 7.98. The molecule has 3 N–H and O–H groups in total. The molecule has 0 aliphatic heterocycles. The molecule has 5 nitrogen and oxygen atoms in total. The number of benzene rings is 1. The minimum absolute atomic E-state index is 0.243. The number of oxazole rings is 1. The van der Waals surface area contributed by atoms with E-state index in [4.69, 9.17) is 10.2 Å². The summed E-state index contributed by atoms with van der Waals surface area (Å²) in [5.74, 6) is 1.03. The van der Waals surface area contributed by atoms with E-state index in [1.165, 1.54) is 11.8 Å². The summed E-state index contributed by atoms with van der Waals surface area (Å²) in [5, 5.41) is 2.82. The zero-order chi connectivity index (χ0) is 16.1. The van der Waals surface area contributed by atoms with Crippen LogP contribution >= 0.6 is 11.8 Å². The van der Waals surface area contributed by atoms with Crippen LogP contribution in [0.3, 0.4) is 0 Å². The fourth-order valence-corrected chi connectivity index (χ4v) is 2.43. The van der Waals surface area contributed by atoms with Gasteiger partial charge in [0.15, 0.2) is 5.69 Å². The predicted octanol–water partition coefficient (Wildman–Crippen LogP) is 3.30. The van der Waals surface area contributed by atoms with Gasteiger partial charge in [0.05, 0.1) is 6.04 Å². The van der Waals surface area contributed by atoms with Crippen LogP contribution in [0.15, 0.2) is 28.9 Å². The zero-order valence-corrected chi connectivity index (χ0v) is 13.9. The molecule has 0 aliphatic rings. The molecule has 1 atom stereocenters. The van der Waals surface area contributed by atoms with Gasteiger partial charge < -0.3 is 15.5 Å². The molecule has 22 heavy (non-hydrogen) atoms. The fraction of sp³-hybridized carbons (Fsp3) is 0.375. The second kappa shape index (κ2) is 7.47. The average molecular weight is 319 g/mol. The topological polar surface area (TPSA) is 81.1 Å². The molecule has 0 aliphatic carbocycles. The van der Waals surface area contributed by atoms with Crippen molar-refractivity contribution in [2.24, 2.45) is 5.73 Å². The van der Waals surface area contributed by atoms with E-state index in [1.807, 2.05) is 38.3 Å². The van der Waals surface area contributed by atoms with Gasteiger partial charge in [-0.05, 0) is 55.5 Å². The summed E-state index contributed by atoms with van der Waals surface area (Å²) in [7, 11) is 0. The van der Waals surface area contributed by atoms with Gasteiger partial charge in [0.25, 0.3) is 5.91 Å². The number of aromatic nitrogens is 1. The van der Waals surface area contributed by atoms with E-state index in [-0.39, 0.29) is 17.6 Å². The number of anilines is 1. The molecule has 2 aromatic rings. The van der Waals surface area contributed by atoms with E-state index in [9.17, 15) is 4.79 Å². The van der Waals surface area contributed by atoms with Crippen LogP contribution in [-0.4, -0.2) is 22.9 Å². The van der Waals surface area contributed by atoms with Crippen molar-refractivity contribution in [1.82, 2.24) is 4.98 Å². The van der Waals surface area contributed by atoms with Gasteiger partial charge in [-0.15, -0.1) is 0 Å². The number of carbonyl (C=O) groups is 1. The number of carbonyl (C=O) groups excluding carboxylic acids is 1. The highest BCUT2D eigenvalue weighted by Crippen LogP contribution is 2.18. The Hall–Kier alpha value is -1.79. The molecular weight excluding hydrogens is 298 g/mol. The van der Waals surface area contributed by atoms with Crippen molar-refractivity contribution in [1.29, 1.82) is 0 Å². The van der Waals surface area contributed by atoms with E-state index >= 15 is 0 Å².